The highest BCUT2D eigenvalue weighted by atomic mass is 35.5. The van der Waals surface area contributed by atoms with E-state index in [2.05, 4.69) is 5.10 Å². The third kappa shape index (κ3) is 2.55. The minimum Gasteiger partial charge on any atom is -0.293 e. The predicted molar refractivity (Wildman–Crippen MR) is 101 cm³/mol. The SMILES string of the molecule is Cc1nc2c(-c3ccccc3)c(C)[nH]n2c(=O)c1-c1cccc(Cl)c1. The zero-order valence-electron chi connectivity index (χ0n) is 13.9. The summed E-state index contributed by atoms with van der Waals surface area (Å²) in [5, 5.41) is 3.75. The minimum atomic E-state index is -0.130. The first-order valence-electron chi connectivity index (χ1n) is 7.99. The van der Waals surface area contributed by atoms with E-state index in [9.17, 15) is 4.79 Å². The Kier molecular flexibility index (Phi) is 3.70. The van der Waals surface area contributed by atoms with Gasteiger partial charge in [0.25, 0.3) is 5.56 Å². The van der Waals surface area contributed by atoms with Crippen LogP contribution >= 0.6 is 11.6 Å². The van der Waals surface area contributed by atoms with Gasteiger partial charge < -0.3 is 0 Å². The molecule has 0 aliphatic carbocycles. The van der Waals surface area contributed by atoms with Crippen LogP contribution in [-0.2, 0) is 0 Å². The monoisotopic (exact) mass is 349 g/mol. The van der Waals surface area contributed by atoms with Crippen LogP contribution in [-0.4, -0.2) is 14.6 Å². The van der Waals surface area contributed by atoms with Crippen molar-refractivity contribution >= 4 is 17.2 Å². The molecule has 2 aromatic carbocycles. The van der Waals surface area contributed by atoms with E-state index in [1.807, 2.05) is 56.3 Å². The summed E-state index contributed by atoms with van der Waals surface area (Å²) in [6.45, 7) is 3.81. The predicted octanol–water partition coefficient (Wildman–Crippen LogP) is 4.63. The molecule has 2 aromatic heterocycles. The standard InChI is InChI=1S/C20H16ClN3O/c1-12-18(15-9-6-10-16(21)11-15)20(25)24-19(22-12)17(13(2)23-24)14-7-4-3-5-8-14/h3-11,23H,1-2H3. The Morgan fingerprint density at radius 2 is 1.68 bits per heavy atom. The second-order valence-corrected chi connectivity index (χ2v) is 6.46. The van der Waals surface area contributed by atoms with Crippen molar-refractivity contribution < 1.29 is 0 Å². The average Bonchev–Trinajstić information content (AvgIpc) is 2.92. The third-order valence-corrected chi connectivity index (χ3v) is 4.55. The summed E-state index contributed by atoms with van der Waals surface area (Å²) in [5.74, 6) is 0. The first-order chi connectivity index (χ1) is 12.1. The van der Waals surface area contributed by atoms with Crippen LogP contribution < -0.4 is 5.56 Å². The molecule has 5 heteroatoms. The molecule has 1 N–H and O–H groups in total. The Bertz CT molecular complexity index is 1140. The number of nitrogens with one attached hydrogen (secondary N) is 1. The lowest BCUT2D eigenvalue weighted by atomic mass is 10.0. The lowest BCUT2D eigenvalue weighted by Gasteiger charge is -2.07. The normalized spacial score (nSPS) is 11.2. The largest absolute Gasteiger partial charge is 0.293 e. The molecule has 25 heavy (non-hydrogen) atoms. The van der Waals surface area contributed by atoms with Crippen molar-refractivity contribution in [2.45, 2.75) is 13.8 Å². The molecule has 0 amide bonds. The van der Waals surface area contributed by atoms with Crippen LogP contribution in [0.4, 0.5) is 0 Å². The van der Waals surface area contributed by atoms with Crippen molar-refractivity contribution in [2.75, 3.05) is 0 Å². The van der Waals surface area contributed by atoms with E-state index in [0.29, 0.717) is 21.9 Å². The number of halogens is 1. The number of nitrogens with zero attached hydrogens (tertiary/aromatic N) is 2. The van der Waals surface area contributed by atoms with Gasteiger partial charge in [-0.2, -0.15) is 0 Å². The molecule has 0 aliphatic rings. The van der Waals surface area contributed by atoms with Crippen LogP contribution in [0, 0.1) is 13.8 Å². The molecule has 0 radical (unpaired) electrons. The van der Waals surface area contributed by atoms with Crippen molar-refractivity contribution in [1.29, 1.82) is 0 Å². The van der Waals surface area contributed by atoms with Gasteiger partial charge in [-0.05, 0) is 37.1 Å². The molecule has 124 valence electrons. The summed E-state index contributed by atoms with van der Waals surface area (Å²) in [7, 11) is 0. The molecule has 4 rings (SSSR count). The Morgan fingerprint density at radius 1 is 0.960 bits per heavy atom. The molecule has 0 saturated carbocycles. The molecule has 0 aliphatic heterocycles. The van der Waals surface area contributed by atoms with Crippen molar-refractivity contribution in [3.63, 3.8) is 0 Å². The third-order valence-electron chi connectivity index (χ3n) is 4.32. The maximum Gasteiger partial charge on any atom is 0.280 e. The number of benzene rings is 2. The van der Waals surface area contributed by atoms with Crippen molar-refractivity contribution in [3.05, 3.63) is 81.4 Å². The summed E-state index contributed by atoms with van der Waals surface area (Å²) in [6.07, 6.45) is 0. The highest BCUT2D eigenvalue weighted by Crippen LogP contribution is 2.28. The Balaban J connectivity index is 2.04. The summed E-state index contributed by atoms with van der Waals surface area (Å²) in [4.78, 5) is 17.8. The average molecular weight is 350 g/mol. The molecule has 4 aromatic rings. The number of hydrogen-bond donors (Lipinski definition) is 1. The van der Waals surface area contributed by atoms with Crippen LogP contribution in [0.1, 0.15) is 11.4 Å². The van der Waals surface area contributed by atoms with Crippen LogP contribution in [0.3, 0.4) is 0 Å². The molecule has 0 fully saturated rings. The van der Waals surface area contributed by atoms with Crippen LogP contribution in [0.25, 0.3) is 27.9 Å². The van der Waals surface area contributed by atoms with E-state index in [1.165, 1.54) is 4.52 Å². The topological polar surface area (TPSA) is 50.2 Å². The number of H-pyrrole nitrogens is 1. The zero-order chi connectivity index (χ0) is 17.6. The Labute approximate surface area is 149 Å². The fourth-order valence-electron chi connectivity index (χ4n) is 3.22. The lowest BCUT2D eigenvalue weighted by molar-refractivity contribution is 0.876. The van der Waals surface area contributed by atoms with Gasteiger partial charge in [0.15, 0.2) is 5.65 Å². The first-order valence-corrected chi connectivity index (χ1v) is 8.37. The van der Waals surface area contributed by atoms with Gasteiger partial charge in [-0.15, -0.1) is 0 Å². The fourth-order valence-corrected chi connectivity index (χ4v) is 3.41. The second-order valence-electron chi connectivity index (χ2n) is 6.02. The molecule has 2 heterocycles. The molecule has 0 saturated heterocycles. The molecule has 0 unspecified atom stereocenters. The van der Waals surface area contributed by atoms with Crippen molar-refractivity contribution in [1.82, 2.24) is 14.6 Å². The number of aryl methyl sites for hydroxylation is 2. The Hall–Kier alpha value is -2.85. The minimum absolute atomic E-state index is 0.130. The number of aromatic amines is 1. The van der Waals surface area contributed by atoms with Gasteiger partial charge in [-0.3, -0.25) is 9.89 Å². The fraction of sp³-hybridized carbons (Fsp3) is 0.100. The summed E-state index contributed by atoms with van der Waals surface area (Å²) < 4.78 is 1.51. The summed E-state index contributed by atoms with van der Waals surface area (Å²) >= 11 is 6.09. The van der Waals surface area contributed by atoms with Crippen molar-refractivity contribution in [3.8, 4) is 22.3 Å². The van der Waals surface area contributed by atoms with Gasteiger partial charge in [-0.1, -0.05) is 54.1 Å². The van der Waals surface area contributed by atoms with Crippen LogP contribution in [0.2, 0.25) is 5.02 Å². The lowest BCUT2D eigenvalue weighted by Crippen LogP contribution is -2.19. The molecular formula is C20H16ClN3O. The van der Waals surface area contributed by atoms with E-state index in [-0.39, 0.29) is 5.56 Å². The van der Waals surface area contributed by atoms with E-state index < -0.39 is 0 Å². The zero-order valence-corrected chi connectivity index (χ0v) is 14.6. The maximum atomic E-state index is 13.1. The van der Waals surface area contributed by atoms with E-state index in [1.54, 1.807) is 12.1 Å². The number of aromatic nitrogens is 3. The highest BCUT2D eigenvalue weighted by molar-refractivity contribution is 6.30. The molecule has 0 spiro atoms. The quantitative estimate of drug-likeness (QED) is 0.573. The second kappa shape index (κ2) is 5.90. The Morgan fingerprint density at radius 3 is 2.40 bits per heavy atom. The van der Waals surface area contributed by atoms with Crippen LogP contribution in [0.5, 0.6) is 0 Å². The number of rotatable bonds is 2. The van der Waals surface area contributed by atoms with Gasteiger partial charge in [0.05, 0.1) is 11.3 Å². The number of hydrogen-bond acceptors (Lipinski definition) is 2. The first kappa shape index (κ1) is 15.7. The van der Waals surface area contributed by atoms with E-state index in [4.69, 9.17) is 16.6 Å². The van der Waals surface area contributed by atoms with Crippen molar-refractivity contribution in [2.24, 2.45) is 0 Å². The maximum absolute atomic E-state index is 13.1. The van der Waals surface area contributed by atoms with Gasteiger partial charge >= 0.3 is 0 Å². The smallest absolute Gasteiger partial charge is 0.280 e. The molecule has 4 nitrogen and oxygen atoms in total. The molecule has 0 atom stereocenters. The number of fused-ring (bicyclic) bond motifs is 1. The van der Waals surface area contributed by atoms with Gasteiger partial charge in [0.2, 0.25) is 0 Å². The van der Waals surface area contributed by atoms with E-state index in [0.717, 1.165) is 22.4 Å². The summed E-state index contributed by atoms with van der Waals surface area (Å²) in [6, 6.07) is 17.2. The van der Waals surface area contributed by atoms with Gasteiger partial charge in [-0.25, -0.2) is 9.50 Å². The molecule has 0 bridgehead atoms. The van der Waals surface area contributed by atoms with Gasteiger partial charge in [0.1, 0.15) is 0 Å². The highest BCUT2D eigenvalue weighted by Gasteiger charge is 2.18. The molecular weight excluding hydrogens is 334 g/mol. The van der Waals surface area contributed by atoms with Crippen LogP contribution in [0.15, 0.2) is 59.4 Å². The van der Waals surface area contributed by atoms with Gasteiger partial charge in [0, 0.05) is 16.3 Å². The van der Waals surface area contributed by atoms with E-state index >= 15 is 0 Å². The summed E-state index contributed by atoms with van der Waals surface area (Å²) in [5.41, 5.74) is 5.39.